The van der Waals surface area contributed by atoms with Gasteiger partial charge in [0.1, 0.15) is 16.1 Å². The maximum Gasteiger partial charge on any atom is 0.146 e. The van der Waals surface area contributed by atoms with Crippen molar-refractivity contribution in [1.29, 1.82) is 5.26 Å². The standard InChI is InChI=1S/C23H28FN3OS/c1-22(2,3)29(28)27-23(13-12-16-4-5-16,18-8-6-17(15-25)7-9-18)19-10-11-20(24)21(26)14-19/h6-11,14,16,27H,4-5,12-13,26H2,1-3H3/t23-,29-/m0/s1. The molecule has 6 heteroatoms. The number of halogens is 1. The van der Waals surface area contributed by atoms with Crippen LogP contribution in [0.5, 0.6) is 0 Å². The number of hydrogen-bond acceptors (Lipinski definition) is 4. The second-order valence-electron chi connectivity index (χ2n) is 8.80. The molecule has 3 rings (SSSR count). The molecule has 1 saturated carbocycles. The van der Waals surface area contributed by atoms with Gasteiger partial charge in [0.25, 0.3) is 0 Å². The molecule has 0 amide bonds. The summed E-state index contributed by atoms with van der Waals surface area (Å²) >= 11 is -1.37. The molecule has 0 heterocycles. The van der Waals surface area contributed by atoms with Crippen molar-refractivity contribution in [3.05, 3.63) is 65.0 Å². The van der Waals surface area contributed by atoms with E-state index in [0.29, 0.717) is 17.9 Å². The van der Waals surface area contributed by atoms with Gasteiger partial charge < -0.3 is 10.3 Å². The van der Waals surface area contributed by atoms with Crippen LogP contribution in [0.4, 0.5) is 10.1 Å². The second kappa shape index (κ2) is 8.35. The number of nitrogens with two attached hydrogens (primary N) is 1. The second-order valence-corrected chi connectivity index (χ2v) is 10.8. The predicted octanol–water partition coefficient (Wildman–Crippen LogP) is 4.77. The van der Waals surface area contributed by atoms with E-state index in [4.69, 9.17) is 5.73 Å². The van der Waals surface area contributed by atoms with E-state index in [0.717, 1.165) is 17.5 Å². The fourth-order valence-electron chi connectivity index (χ4n) is 3.40. The Balaban J connectivity index is 2.14. The van der Waals surface area contributed by atoms with Crippen LogP contribution in [0.3, 0.4) is 0 Å². The lowest BCUT2D eigenvalue weighted by Crippen LogP contribution is -2.52. The van der Waals surface area contributed by atoms with Crippen molar-refractivity contribution >= 4 is 17.0 Å². The highest BCUT2D eigenvalue weighted by molar-refractivity contribution is 7.90. The topological polar surface area (TPSA) is 84.9 Å². The molecule has 2 aromatic carbocycles. The molecule has 0 spiro atoms. The van der Waals surface area contributed by atoms with E-state index in [1.807, 2.05) is 32.9 Å². The summed E-state index contributed by atoms with van der Waals surface area (Å²) in [7, 11) is 0. The average molecular weight is 414 g/mol. The monoisotopic (exact) mass is 413 g/mol. The molecule has 0 radical (unpaired) electrons. The minimum Gasteiger partial charge on any atom is -0.598 e. The molecule has 2 aromatic rings. The summed E-state index contributed by atoms with van der Waals surface area (Å²) in [6.45, 7) is 5.75. The highest BCUT2D eigenvalue weighted by Crippen LogP contribution is 2.42. The Labute approximate surface area is 175 Å². The van der Waals surface area contributed by atoms with Gasteiger partial charge in [-0.2, -0.15) is 5.26 Å². The van der Waals surface area contributed by atoms with E-state index in [1.54, 1.807) is 24.3 Å². The van der Waals surface area contributed by atoms with Gasteiger partial charge >= 0.3 is 0 Å². The van der Waals surface area contributed by atoms with Crippen LogP contribution in [0.15, 0.2) is 42.5 Å². The Hall–Kier alpha value is -2.07. The van der Waals surface area contributed by atoms with Gasteiger partial charge in [-0.3, -0.25) is 0 Å². The lowest BCUT2D eigenvalue weighted by atomic mass is 9.79. The third kappa shape index (κ3) is 4.92. The van der Waals surface area contributed by atoms with E-state index in [2.05, 4.69) is 10.8 Å². The Morgan fingerprint density at radius 1 is 1.17 bits per heavy atom. The Kier molecular flexibility index (Phi) is 6.23. The van der Waals surface area contributed by atoms with Crippen LogP contribution in [-0.4, -0.2) is 9.30 Å². The van der Waals surface area contributed by atoms with Crippen molar-refractivity contribution in [2.45, 2.75) is 56.7 Å². The molecular weight excluding hydrogens is 385 g/mol. The molecule has 0 unspecified atom stereocenters. The van der Waals surface area contributed by atoms with Gasteiger partial charge in [-0.05, 0) is 74.9 Å². The number of hydrogen-bond donors (Lipinski definition) is 2. The SMILES string of the molecule is CC(C)(C)[S@+]([O-])N[C@@](CCC1CC1)(c1ccc(C#N)cc1)c1ccc(F)c(N)c1. The molecule has 0 aliphatic heterocycles. The minimum atomic E-state index is -1.37. The average Bonchev–Trinajstić information content (AvgIpc) is 3.51. The van der Waals surface area contributed by atoms with E-state index in [9.17, 15) is 14.2 Å². The Bertz CT molecular complexity index is 900. The van der Waals surface area contributed by atoms with Crippen molar-refractivity contribution in [3.8, 4) is 6.07 Å². The molecular formula is C23H28FN3OS. The number of benzene rings is 2. The van der Waals surface area contributed by atoms with Gasteiger partial charge in [-0.1, -0.05) is 31.0 Å². The maximum atomic E-state index is 13.9. The van der Waals surface area contributed by atoms with Crippen LogP contribution in [-0.2, 0) is 16.9 Å². The molecule has 4 nitrogen and oxygen atoms in total. The molecule has 1 fully saturated rings. The number of nitrogens with one attached hydrogen (secondary N) is 1. The van der Waals surface area contributed by atoms with Crippen molar-refractivity contribution in [2.24, 2.45) is 5.92 Å². The van der Waals surface area contributed by atoms with Gasteiger partial charge in [-0.15, -0.1) is 4.72 Å². The van der Waals surface area contributed by atoms with Gasteiger partial charge in [0.05, 0.1) is 17.3 Å². The molecule has 0 bridgehead atoms. The van der Waals surface area contributed by atoms with Crippen molar-refractivity contribution < 1.29 is 8.94 Å². The normalized spacial score (nSPS) is 17.4. The van der Waals surface area contributed by atoms with E-state index < -0.39 is 27.5 Å². The lowest BCUT2D eigenvalue weighted by Gasteiger charge is -2.39. The molecule has 29 heavy (non-hydrogen) atoms. The Morgan fingerprint density at radius 3 is 2.31 bits per heavy atom. The van der Waals surface area contributed by atoms with E-state index in [1.165, 1.54) is 18.9 Å². The first kappa shape index (κ1) is 21.6. The number of nitrogens with zero attached hydrogens (tertiary/aromatic N) is 1. The first-order valence-corrected chi connectivity index (χ1v) is 11.1. The minimum absolute atomic E-state index is 0.0651. The third-order valence-electron chi connectivity index (χ3n) is 5.44. The predicted molar refractivity (Wildman–Crippen MR) is 116 cm³/mol. The molecule has 1 aliphatic carbocycles. The number of rotatable bonds is 7. The fraction of sp³-hybridized carbons (Fsp3) is 0.435. The van der Waals surface area contributed by atoms with Crippen LogP contribution < -0.4 is 10.5 Å². The highest BCUT2D eigenvalue weighted by atomic mass is 32.2. The third-order valence-corrected chi connectivity index (χ3v) is 7.09. The summed E-state index contributed by atoms with van der Waals surface area (Å²) in [5, 5.41) is 9.18. The zero-order valence-corrected chi connectivity index (χ0v) is 18.0. The smallest absolute Gasteiger partial charge is 0.146 e. The quantitative estimate of drug-likeness (QED) is 0.506. The largest absolute Gasteiger partial charge is 0.598 e. The maximum absolute atomic E-state index is 13.9. The number of nitriles is 1. The van der Waals surface area contributed by atoms with Gasteiger partial charge in [0.2, 0.25) is 0 Å². The summed E-state index contributed by atoms with van der Waals surface area (Å²) in [6, 6.07) is 14.1. The first-order valence-electron chi connectivity index (χ1n) is 9.91. The van der Waals surface area contributed by atoms with Gasteiger partial charge in [0, 0.05) is 11.4 Å². The highest BCUT2D eigenvalue weighted by Gasteiger charge is 2.43. The Morgan fingerprint density at radius 2 is 1.79 bits per heavy atom. The molecule has 154 valence electrons. The summed E-state index contributed by atoms with van der Waals surface area (Å²) < 4.78 is 30.0. The summed E-state index contributed by atoms with van der Waals surface area (Å²) in [5.41, 5.74) is 7.40. The van der Waals surface area contributed by atoms with Crippen molar-refractivity contribution in [3.63, 3.8) is 0 Å². The molecule has 2 atom stereocenters. The van der Waals surface area contributed by atoms with Crippen LogP contribution in [0.2, 0.25) is 0 Å². The first-order chi connectivity index (χ1) is 13.7. The summed E-state index contributed by atoms with van der Waals surface area (Å²) in [6.07, 6.45) is 4.08. The molecule has 0 saturated heterocycles. The van der Waals surface area contributed by atoms with Crippen molar-refractivity contribution in [2.75, 3.05) is 5.73 Å². The van der Waals surface area contributed by atoms with Crippen LogP contribution in [0, 0.1) is 23.1 Å². The zero-order chi connectivity index (χ0) is 21.2. The van der Waals surface area contributed by atoms with Crippen molar-refractivity contribution in [1.82, 2.24) is 4.72 Å². The summed E-state index contributed by atoms with van der Waals surface area (Å²) in [5.74, 6) is 0.192. The number of nitrogen functional groups attached to an aromatic ring is 1. The number of anilines is 1. The zero-order valence-electron chi connectivity index (χ0n) is 17.2. The molecule has 1 aliphatic rings. The van der Waals surface area contributed by atoms with Crippen LogP contribution >= 0.6 is 0 Å². The summed E-state index contributed by atoms with van der Waals surface area (Å²) in [4.78, 5) is 0. The lowest BCUT2D eigenvalue weighted by molar-refractivity contribution is 0.401. The molecule has 0 aromatic heterocycles. The van der Waals surface area contributed by atoms with Gasteiger partial charge in [0.15, 0.2) is 0 Å². The van der Waals surface area contributed by atoms with E-state index >= 15 is 0 Å². The van der Waals surface area contributed by atoms with Crippen LogP contribution in [0.25, 0.3) is 0 Å². The van der Waals surface area contributed by atoms with Crippen LogP contribution in [0.1, 0.15) is 63.1 Å². The van der Waals surface area contributed by atoms with Gasteiger partial charge in [-0.25, -0.2) is 4.39 Å². The van der Waals surface area contributed by atoms with E-state index in [-0.39, 0.29) is 5.69 Å². The molecule has 3 N–H and O–H groups in total. The fourth-order valence-corrected chi connectivity index (χ4v) is 4.36.